The van der Waals surface area contributed by atoms with Crippen LogP contribution in [0.15, 0.2) is 82.6 Å². The summed E-state index contributed by atoms with van der Waals surface area (Å²) in [5.74, 6) is -1.40. The van der Waals surface area contributed by atoms with E-state index in [9.17, 15) is 24.5 Å². The number of nitrogens with one attached hydrogen (secondary N) is 1. The van der Waals surface area contributed by atoms with Crippen LogP contribution in [0, 0.1) is 46.6 Å². The van der Waals surface area contributed by atoms with Gasteiger partial charge in [0.1, 0.15) is 12.4 Å². The highest BCUT2D eigenvalue weighted by Crippen LogP contribution is 2.69. The first-order valence-corrected chi connectivity index (χ1v) is 16.3. The molecule has 7 atom stereocenters. The number of imide groups is 1. The summed E-state index contributed by atoms with van der Waals surface area (Å²) >= 11 is 2.70. The van der Waals surface area contributed by atoms with E-state index in [2.05, 4.69) is 4.98 Å². The number of aryl methyl sites for hydroxylation is 1. The predicted molar refractivity (Wildman–Crippen MR) is 166 cm³/mol. The third-order valence-electron chi connectivity index (χ3n) is 9.92. The molecule has 44 heavy (non-hydrogen) atoms. The maximum Gasteiger partial charge on any atom is 0.305 e. The van der Waals surface area contributed by atoms with Gasteiger partial charge in [-0.3, -0.25) is 29.4 Å². The summed E-state index contributed by atoms with van der Waals surface area (Å²) in [5, 5.41) is 12.7. The number of rotatable bonds is 6. The minimum absolute atomic E-state index is 0.0417. The van der Waals surface area contributed by atoms with Gasteiger partial charge >= 0.3 is 4.87 Å². The van der Waals surface area contributed by atoms with Gasteiger partial charge in [0.2, 0.25) is 11.8 Å². The number of non-ortho nitro benzene ring substituents is 1. The average molecular weight is 626 g/mol. The van der Waals surface area contributed by atoms with Crippen LogP contribution in [-0.2, 0) is 16.2 Å². The molecular weight excluding hydrogens is 599 g/mol. The highest BCUT2D eigenvalue weighted by atomic mass is 32.2. The Balaban J connectivity index is 1.23. The molecule has 11 heteroatoms. The zero-order chi connectivity index (χ0) is 30.3. The number of aromatic nitrogens is 1. The van der Waals surface area contributed by atoms with Gasteiger partial charge < -0.3 is 9.72 Å². The largest absolute Gasteiger partial charge is 0.489 e. The lowest BCUT2D eigenvalue weighted by Crippen LogP contribution is -2.42. The number of carbonyl (C=O) groups is 2. The lowest BCUT2D eigenvalue weighted by atomic mass is 9.68. The van der Waals surface area contributed by atoms with Crippen LogP contribution in [0.25, 0.3) is 0 Å². The van der Waals surface area contributed by atoms with Gasteiger partial charge in [-0.25, -0.2) is 0 Å². The van der Waals surface area contributed by atoms with Crippen molar-refractivity contribution in [1.82, 2.24) is 4.98 Å². The van der Waals surface area contributed by atoms with Crippen LogP contribution >= 0.6 is 23.1 Å². The van der Waals surface area contributed by atoms with Crippen molar-refractivity contribution in [3.05, 3.63) is 114 Å². The van der Waals surface area contributed by atoms with E-state index in [0.717, 1.165) is 38.8 Å². The Bertz CT molecular complexity index is 1900. The highest BCUT2D eigenvalue weighted by molar-refractivity contribution is 8.00. The number of nitro benzene ring substituents is 1. The molecule has 2 aliphatic heterocycles. The first-order valence-electron chi connectivity index (χ1n) is 14.6. The van der Waals surface area contributed by atoms with Gasteiger partial charge in [-0.2, -0.15) is 0 Å². The Kier molecular flexibility index (Phi) is 6.32. The number of carbonyl (C=O) groups excluding carboxylic acids is 2. The van der Waals surface area contributed by atoms with E-state index in [1.807, 2.05) is 49.4 Å². The van der Waals surface area contributed by atoms with Crippen LogP contribution < -0.4 is 14.5 Å². The topological polar surface area (TPSA) is 123 Å². The molecule has 2 saturated carbocycles. The Morgan fingerprint density at radius 2 is 1.70 bits per heavy atom. The Labute approximate surface area is 260 Å². The number of amides is 2. The van der Waals surface area contributed by atoms with Crippen LogP contribution in [0.5, 0.6) is 5.75 Å². The van der Waals surface area contributed by atoms with Crippen molar-refractivity contribution in [3.8, 4) is 5.75 Å². The fraction of sp³-hybridized carbons (Fsp3) is 0.303. The molecule has 4 aliphatic rings. The number of hydrogen-bond acceptors (Lipinski definition) is 8. The Morgan fingerprint density at radius 1 is 0.977 bits per heavy atom. The van der Waals surface area contributed by atoms with Crippen LogP contribution in [0.4, 0.5) is 11.4 Å². The van der Waals surface area contributed by atoms with Gasteiger partial charge in [0.05, 0.1) is 27.5 Å². The van der Waals surface area contributed by atoms with Crippen molar-refractivity contribution in [2.45, 2.75) is 36.1 Å². The predicted octanol–water partition coefficient (Wildman–Crippen LogP) is 5.91. The molecule has 0 radical (unpaired) electrons. The Morgan fingerprint density at radius 3 is 2.45 bits per heavy atom. The molecule has 8 rings (SSSR count). The van der Waals surface area contributed by atoms with E-state index in [-0.39, 0.29) is 52.0 Å². The number of aromatic amines is 1. The molecule has 1 aromatic heterocycles. The number of benzene rings is 3. The summed E-state index contributed by atoms with van der Waals surface area (Å²) in [6.07, 6.45) is 0.724. The van der Waals surface area contributed by atoms with Crippen molar-refractivity contribution in [3.63, 3.8) is 0 Å². The van der Waals surface area contributed by atoms with Crippen LogP contribution in [0.2, 0.25) is 0 Å². The lowest BCUT2D eigenvalue weighted by Gasteiger charge is -2.43. The molecule has 3 aromatic carbocycles. The van der Waals surface area contributed by atoms with Crippen molar-refractivity contribution in [2.24, 2.45) is 29.6 Å². The van der Waals surface area contributed by atoms with E-state index >= 15 is 0 Å². The number of thioether (sulfide) groups is 1. The molecule has 4 aromatic rings. The molecule has 1 N–H and O–H groups in total. The number of nitro groups is 1. The summed E-state index contributed by atoms with van der Waals surface area (Å²) < 4.78 is 6.40. The van der Waals surface area contributed by atoms with E-state index in [1.54, 1.807) is 36.0 Å². The van der Waals surface area contributed by atoms with Crippen LogP contribution in [0.3, 0.4) is 0 Å². The van der Waals surface area contributed by atoms with Crippen molar-refractivity contribution in [1.29, 1.82) is 0 Å². The second kappa shape index (κ2) is 10.2. The third-order valence-corrected chi connectivity index (χ3v) is 12.5. The first kappa shape index (κ1) is 27.3. The van der Waals surface area contributed by atoms with Crippen molar-refractivity contribution >= 4 is 46.3 Å². The SMILES string of the molecule is Cc1ccccc1COc1ccc([N+](=O)[O-])cc1[C@@H]1c2sc(=O)[nH]c2S[C@@H]2[C@@H]3C[C@@H]([C@@H]4C(=O)N(c5ccccc5)C(=O)[C@@H]34)[C@@H]12. The van der Waals surface area contributed by atoms with Crippen molar-refractivity contribution in [2.75, 3.05) is 4.90 Å². The third kappa shape index (κ3) is 4.02. The molecule has 2 bridgehead atoms. The monoisotopic (exact) mass is 625 g/mol. The quantitative estimate of drug-likeness (QED) is 0.161. The van der Waals surface area contributed by atoms with Gasteiger partial charge in [0, 0.05) is 33.7 Å². The molecule has 0 unspecified atom stereocenters. The van der Waals surface area contributed by atoms with Gasteiger partial charge in [-0.15, -0.1) is 11.8 Å². The van der Waals surface area contributed by atoms with Crippen LogP contribution in [-0.4, -0.2) is 27.0 Å². The first-order chi connectivity index (χ1) is 21.3. The van der Waals surface area contributed by atoms with Gasteiger partial charge in [-0.05, 0) is 60.4 Å². The summed E-state index contributed by atoms with van der Waals surface area (Å²) in [6.45, 7) is 2.28. The maximum atomic E-state index is 14.0. The van der Waals surface area contributed by atoms with E-state index in [4.69, 9.17) is 4.74 Å². The smallest absolute Gasteiger partial charge is 0.305 e. The summed E-state index contributed by atoms with van der Waals surface area (Å²) in [5.41, 5.74) is 3.23. The van der Waals surface area contributed by atoms with Crippen LogP contribution in [0.1, 0.15) is 33.9 Å². The highest BCUT2D eigenvalue weighted by Gasteiger charge is 2.70. The molecule has 9 nitrogen and oxygen atoms in total. The number of fused-ring (bicyclic) bond motifs is 9. The number of para-hydroxylation sites is 1. The number of nitrogens with zero attached hydrogens (tertiary/aromatic N) is 2. The van der Waals surface area contributed by atoms with Gasteiger partial charge in [-0.1, -0.05) is 53.8 Å². The summed E-state index contributed by atoms with van der Waals surface area (Å²) in [6, 6.07) is 21.6. The van der Waals surface area contributed by atoms with Gasteiger partial charge in [0.25, 0.3) is 5.69 Å². The van der Waals surface area contributed by atoms with E-state index in [1.165, 1.54) is 11.0 Å². The second-order valence-electron chi connectivity index (χ2n) is 12.0. The molecule has 3 fully saturated rings. The standard InChI is InChI=1S/C33H27N3O6S2/c1-16-7-5-6-8-17(16)15-42-23-12-11-19(36(40)41)13-20(23)24-25-21-14-22(28(25)43-30-29(24)44-33(39)34-30)27-26(21)31(37)35(32(27)38)18-9-3-2-4-10-18/h2-13,21-22,24-28H,14-15H2,1H3,(H,34,39)/t21-,22-,24+,25+,26+,27+,28-/m1/s1. The van der Waals surface area contributed by atoms with Crippen molar-refractivity contribution < 1.29 is 19.2 Å². The fourth-order valence-corrected chi connectivity index (χ4v) is 11.0. The number of hydrogen-bond donors (Lipinski definition) is 1. The van der Waals surface area contributed by atoms with Gasteiger partial charge in [0.15, 0.2) is 0 Å². The summed E-state index contributed by atoms with van der Waals surface area (Å²) in [4.78, 5) is 57.1. The fourth-order valence-electron chi connectivity index (χ4n) is 8.15. The number of H-pyrrole nitrogens is 1. The molecular formula is C33H27N3O6S2. The number of ether oxygens (including phenoxy) is 1. The average Bonchev–Trinajstić information content (AvgIpc) is 3.76. The minimum Gasteiger partial charge on any atom is -0.489 e. The minimum atomic E-state index is -0.468. The molecule has 0 spiro atoms. The molecule has 2 amide bonds. The number of thiazole rings is 1. The van der Waals surface area contributed by atoms with E-state index in [0.29, 0.717) is 17.0 Å². The summed E-state index contributed by atoms with van der Waals surface area (Å²) in [7, 11) is 0. The Hall–Kier alpha value is -4.22. The molecule has 222 valence electrons. The second-order valence-corrected chi connectivity index (χ2v) is 14.2. The maximum absolute atomic E-state index is 14.0. The molecule has 1 saturated heterocycles. The lowest BCUT2D eigenvalue weighted by molar-refractivity contribution is -0.385. The van der Waals surface area contributed by atoms with E-state index < -0.39 is 22.7 Å². The molecule has 3 heterocycles. The zero-order valence-electron chi connectivity index (χ0n) is 23.5. The number of anilines is 1. The normalized spacial score (nSPS) is 28.1. The molecule has 2 aliphatic carbocycles. The zero-order valence-corrected chi connectivity index (χ0v) is 25.2.